The van der Waals surface area contributed by atoms with Gasteiger partial charge in [0.1, 0.15) is 0 Å². The molecule has 0 fully saturated rings. The summed E-state index contributed by atoms with van der Waals surface area (Å²) in [5.41, 5.74) is 0.919. The molecule has 0 aliphatic rings. The summed E-state index contributed by atoms with van der Waals surface area (Å²) in [6.07, 6.45) is 3.03. The van der Waals surface area contributed by atoms with Gasteiger partial charge in [-0.3, -0.25) is 9.71 Å². The molecule has 96 valence electrons. The number of anilines is 1. The number of aryl methyl sites for hydroxylation is 2. The lowest BCUT2D eigenvalue weighted by atomic mass is 10.4. The lowest BCUT2D eigenvalue weighted by Crippen LogP contribution is -2.12. The van der Waals surface area contributed by atoms with Crippen molar-refractivity contribution < 1.29 is 8.42 Å². The van der Waals surface area contributed by atoms with E-state index in [2.05, 4.69) is 30.6 Å². The zero-order valence-electron chi connectivity index (χ0n) is 9.64. The largest absolute Gasteiger partial charge is 0.277 e. The minimum absolute atomic E-state index is 0.236. The Hall–Kier alpha value is -0.990. The Bertz CT molecular complexity index is 682. The van der Waals surface area contributed by atoms with Gasteiger partial charge in [-0.25, -0.2) is 13.4 Å². The number of halogens is 1. The molecule has 0 atom stereocenters. The van der Waals surface area contributed by atoms with E-state index in [0.29, 0.717) is 15.9 Å². The van der Waals surface area contributed by atoms with Crippen LogP contribution in [-0.2, 0) is 10.0 Å². The first-order chi connectivity index (χ1) is 8.38. The predicted molar refractivity (Wildman–Crippen MR) is 74.3 cm³/mol. The van der Waals surface area contributed by atoms with Crippen molar-refractivity contribution in [3.05, 3.63) is 33.6 Å². The first kappa shape index (κ1) is 13.4. The molecule has 2 heterocycles. The molecule has 0 amide bonds. The highest BCUT2D eigenvalue weighted by Crippen LogP contribution is 2.25. The molecule has 0 unspecified atom stereocenters. The SMILES string of the molecule is Cc1nc(C)c(S(=O)(=O)Nc2cncc(Br)c2)s1. The van der Waals surface area contributed by atoms with E-state index < -0.39 is 10.0 Å². The van der Waals surface area contributed by atoms with Crippen molar-refractivity contribution in [2.75, 3.05) is 4.72 Å². The molecular formula is C10H10BrN3O2S2. The highest BCUT2D eigenvalue weighted by Gasteiger charge is 2.21. The zero-order chi connectivity index (χ0) is 13.3. The second-order valence-corrected chi connectivity index (χ2v) is 7.60. The number of nitrogens with one attached hydrogen (secondary N) is 1. The summed E-state index contributed by atoms with van der Waals surface area (Å²) in [4.78, 5) is 8.01. The average molecular weight is 348 g/mol. The Morgan fingerprint density at radius 3 is 2.61 bits per heavy atom. The van der Waals surface area contributed by atoms with E-state index in [1.54, 1.807) is 26.1 Å². The smallest absolute Gasteiger partial charge is 0.273 e. The maximum atomic E-state index is 12.2. The van der Waals surface area contributed by atoms with Crippen LogP contribution in [0.5, 0.6) is 0 Å². The third-order valence-corrected chi connectivity index (χ3v) is 5.56. The number of pyridine rings is 1. The van der Waals surface area contributed by atoms with Gasteiger partial charge < -0.3 is 0 Å². The topological polar surface area (TPSA) is 72.0 Å². The number of thiazole rings is 1. The van der Waals surface area contributed by atoms with Crippen molar-refractivity contribution in [2.24, 2.45) is 0 Å². The van der Waals surface area contributed by atoms with Gasteiger partial charge in [-0.05, 0) is 35.8 Å². The zero-order valence-corrected chi connectivity index (χ0v) is 12.9. The molecule has 2 aromatic heterocycles. The van der Waals surface area contributed by atoms with Crippen molar-refractivity contribution in [2.45, 2.75) is 18.1 Å². The lowest BCUT2D eigenvalue weighted by Gasteiger charge is -2.06. The summed E-state index contributed by atoms with van der Waals surface area (Å²) < 4.78 is 27.8. The Kier molecular flexibility index (Phi) is 3.69. The van der Waals surface area contributed by atoms with Gasteiger partial charge in [0.05, 0.1) is 22.6 Å². The molecular weight excluding hydrogens is 338 g/mol. The van der Waals surface area contributed by atoms with Crippen LogP contribution in [0.4, 0.5) is 5.69 Å². The molecule has 2 aromatic rings. The quantitative estimate of drug-likeness (QED) is 0.926. The number of hydrogen-bond acceptors (Lipinski definition) is 5. The van der Waals surface area contributed by atoms with Gasteiger partial charge in [0.15, 0.2) is 4.21 Å². The summed E-state index contributed by atoms with van der Waals surface area (Å²) in [6, 6.07) is 1.65. The highest BCUT2D eigenvalue weighted by atomic mass is 79.9. The fourth-order valence-corrected chi connectivity index (χ4v) is 4.32. The molecule has 0 saturated carbocycles. The van der Waals surface area contributed by atoms with Gasteiger partial charge in [-0.15, -0.1) is 11.3 Å². The molecule has 0 radical (unpaired) electrons. The van der Waals surface area contributed by atoms with Crippen LogP contribution in [0.1, 0.15) is 10.7 Å². The fourth-order valence-electron chi connectivity index (χ4n) is 1.43. The molecule has 0 aliphatic heterocycles. The Labute approximate surface area is 117 Å². The monoisotopic (exact) mass is 347 g/mol. The van der Waals surface area contributed by atoms with E-state index in [1.165, 1.54) is 6.20 Å². The first-order valence-electron chi connectivity index (χ1n) is 4.96. The Morgan fingerprint density at radius 2 is 2.06 bits per heavy atom. The molecule has 0 bridgehead atoms. The van der Waals surface area contributed by atoms with Gasteiger partial charge in [0, 0.05) is 10.7 Å². The molecule has 0 aromatic carbocycles. The van der Waals surface area contributed by atoms with Gasteiger partial charge in [-0.2, -0.15) is 0 Å². The van der Waals surface area contributed by atoms with Gasteiger partial charge >= 0.3 is 0 Å². The average Bonchev–Trinajstić information content (AvgIpc) is 2.58. The summed E-state index contributed by atoms with van der Waals surface area (Å²) in [6.45, 7) is 3.45. The van der Waals surface area contributed by atoms with Crippen LogP contribution in [0.2, 0.25) is 0 Å². The van der Waals surface area contributed by atoms with Crippen LogP contribution >= 0.6 is 27.3 Å². The van der Waals surface area contributed by atoms with Crippen molar-refractivity contribution >= 4 is 43.0 Å². The van der Waals surface area contributed by atoms with Crippen LogP contribution in [-0.4, -0.2) is 18.4 Å². The third-order valence-electron chi connectivity index (χ3n) is 2.06. The summed E-state index contributed by atoms with van der Waals surface area (Å²) in [5.74, 6) is 0. The van der Waals surface area contributed by atoms with E-state index in [-0.39, 0.29) is 4.21 Å². The normalized spacial score (nSPS) is 11.5. The minimum Gasteiger partial charge on any atom is -0.277 e. The minimum atomic E-state index is -3.59. The highest BCUT2D eigenvalue weighted by molar-refractivity contribution is 9.10. The number of rotatable bonds is 3. The first-order valence-corrected chi connectivity index (χ1v) is 8.05. The van der Waals surface area contributed by atoms with Crippen LogP contribution in [0.25, 0.3) is 0 Å². The van der Waals surface area contributed by atoms with Crippen LogP contribution in [0.15, 0.2) is 27.1 Å². The maximum absolute atomic E-state index is 12.2. The molecule has 0 saturated heterocycles. The molecule has 0 spiro atoms. The Balaban J connectivity index is 2.36. The van der Waals surface area contributed by atoms with Crippen molar-refractivity contribution in [3.63, 3.8) is 0 Å². The Morgan fingerprint density at radius 1 is 1.33 bits per heavy atom. The lowest BCUT2D eigenvalue weighted by molar-refractivity contribution is 0.602. The van der Waals surface area contributed by atoms with Gasteiger partial charge in [0.25, 0.3) is 10.0 Å². The van der Waals surface area contributed by atoms with Crippen molar-refractivity contribution in [1.82, 2.24) is 9.97 Å². The molecule has 2 rings (SSSR count). The van der Waals surface area contributed by atoms with E-state index in [1.807, 2.05) is 0 Å². The number of hydrogen-bond donors (Lipinski definition) is 1. The number of nitrogens with zero attached hydrogens (tertiary/aromatic N) is 2. The molecule has 1 N–H and O–H groups in total. The van der Waals surface area contributed by atoms with Gasteiger partial charge in [0.2, 0.25) is 0 Å². The second-order valence-electron chi connectivity index (χ2n) is 3.60. The van der Waals surface area contributed by atoms with Crippen molar-refractivity contribution in [1.29, 1.82) is 0 Å². The second kappa shape index (κ2) is 4.94. The summed E-state index contributed by atoms with van der Waals surface area (Å²) in [7, 11) is -3.59. The van der Waals surface area contributed by atoms with Crippen LogP contribution < -0.4 is 4.72 Å². The van der Waals surface area contributed by atoms with E-state index in [0.717, 1.165) is 16.3 Å². The van der Waals surface area contributed by atoms with Gasteiger partial charge in [-0.1, -0.05) is 0 Å². The van der Waals surface area contributed by atoms with Crippen LogP contribution in [0, 0.1) is 13.8 Å². The summed E-state index contributed by atoms with van der Waals surface area (Å²) in [5, 5.41) is 0.722. The number of aromatic nitrogens is 2. The summed E-state index contributed by atoms with van der Waals surface area (Å²) >= 11 is 4.39. The van der Waals surface area contributed by atoms with E-state index in [9.17, 15) is 8.42 Å². The molecule has 5 nitrogen and oxygen atoms in total. The fraction of sp³-hybridized carbons (Fsp3) is 0.200. The van der Waals surface area contributed by atoms with Crippen molar-refractivity contribution in [3.8, 4) is 0 Å². The predicted octanol–water partition coefficient (Wildman–Crippen LogP) is 2.72. The standard InChI is InChI=1S/C10H10BrN3O2S2/c1-6-10(17-7(2)13-6)18(15,16)14-9-3-8(11)4-12-5-9/h3-5,14H,1-2H3. The van der Waals surface area contributed by atoms with Crippen LogP contribution in [0.3, 0.4) is 0 Å². The molecule has 8 heteroatoms. The van der Waals surface area contributed by atoms with E-state index >= 15 is 0 Å². The van der Waals surface area contributed by atoms with E-state index in [4.69, 9.17) is 0 Å². The maximum Gasteiger partial charge on any atom is 0.273 e. The molecule has 18 heavy (non-hydrogen) atoms. The third kappa shape index (κ3) is 2.88. The number of sulfonamides is 1. The molecule has 0 aliphatic carbocycles.